The first-order valence-corrected chi connectivity index (χ1v) is 7.45. The van der Waals surface area contributed by atoms with E-state index >= 15 is 0 Å². The van der Waals surface area contributed by atoms with Crippen LogP contribution in [0.4, 0.5) is 0 Å². The van der Waals surface area contributed by atoms with Crippen LogP contribution in [0.15, 0.2) is 36.7 Å². The summed E-state index contributed by atoms with van der Waals surface area (Å²) in [7, 11) is 0. The summed E-state index contributed by atoms with van der Waals surface area (Å²) in [6, 6.07) is 6.96. The summed E-state index contributed by atoms with van der Waals surface area (Å²) in [4.78, 5) is 7.97. The lowest BCUT2D eigenvalue weighted by Gasteiger charge is -2.19. The van der Waals surface area contributed by atoms with Gasteiger partial charge in [-0.3, -0.25) is 0 Å². The second-order valence-corrected chi connectivity index (χ2v) is 5.25. The smallest absolute Gasteiger partial charge is 0.138 e. The van der Waals surface area contributed by atoms with Crippen LogP contribution in [0.5, 0.6) is 11.5 Å². The minimum absolute atomic E-state index is 0.0614. The summed E-state index contributed by atoms with van der Waals surface area (Å²) in [5.74, 6) is 1.34. The Morgan fingerprint density at radius 1 is 1.00 bits per heavy atom. The van der Waals surface area contributed by atoms with Crippen molar-refractivity contribution in [3.05, 3.63) is 47.0 Å². The average molecular weight is 327 g/mol. The summed E-state index contributed by atoms with van der Waals surface area (Å²) < 4.78 is 11.5. The third kappa shape index (κ3) is 5.40. The van der Waals surface area contributed by atoms with E-state index in [4.69, 9.17) is 32.7 Å². The monoisotopic (exact) mass is 326 g/mol. The fraction of sp³-hybridized carbons (Fsp3) is 0.333. The minimum atomic E-state index is -0.0614. The molecule has 2 aromatic heterocycles. The van der Waals surface area contributed by atoms with Gasteiger partial charge in [0.25, 0.3) is 0 Å². The van der Waals surface area contributed by atoms with Crippen molar-refractivity contribution in [2.24, 2.45) is 0 Å². The molecule has 0 radical (unpaired) electrons. The van der Waals surface area contributed by atoms with Crippen LogP contribution in [-0.4, -0.2) is 22.7 Å². The van der Waals surface area contributed by atoms with Gasteiger partial charge in [-0.2, -0.15) is 0 Å². The molecule has 0 saturated heterocycles. The van der Waals surface area contributed by atoms with Gasteiger partial charge in [-0.1, -0.05) is 36.5 Å². The van der Waals surface area contributed by atoms with E-state index in [0.29, 0.717) is 28.4 Å². The molecule has 0 aromatic carbocycles. The van der Waals surface area contributed by atoms with Gasteiger partial charge in [0.15, 0.2) is 0 Å². The summed E-state index contributed by atoms with van der Waals surface area (Å²) >= 11 is 11.5. The molecule has 1 atom stereocenters. The van der Waals surface area contributed by atoms with Crippen molar-refractivity contribution in [2.45, 2.75) is 25.9 Å². The van der Waals surface area contributed by atoms with Crippen LogP contribution in [0.3, 0.4) is 0 Å². The van der Waals surface area contributed by atoms with Gasteiger partial charge in [-0.05, 0) is 30.7 Å². The van der Waals surface area contributed by atoms with E-state index in [9.17, 15) is 0 Å². The van der Waals surface area contributed by atoms with Crippen LogP contribution in [0.2, 0.25) is 10.3 Å². The fourth-order valence-electron chi connectivity index (χ4n) is 1.76. The number of nitrogens with zero attached hydrogens (tertiary/aromatic N) is 2. The number of aromatic nitrogens is 2. The number of rotatable bonds is 7. The topological polar surface area (TPSA) is 44.2 Å². The first-order valence-electron chi connectivity index (χ1n) is 6.70. The Hall–Kier alpha value is -1.52. The second kappa shape index (κ2) is 8.05. The van der Waals surface area contributed by atoms with Gasteiger partial charge >= 0.3 is 0 Å². The molecule has 0 saturated carbocycles. The third-order valence-electron chi connectivity index (χ3n) is 2.75. The van der Waals surface area contributed by atoms with Crippen molar-refractivity contribution in [2.75, 3.05) is 6.61 Å². The number of ether oxygens (including phenoxy) is 2. The zero-order valence-electron chi connectivity index (χ0n) is 11.6. The zero-order valence-corrected chi connectivity index (χ0v) is 13.1. The molecule has 2 aromatic rings. The summed E-state index contributed by atoms with van der Waals surface area (Å²) in [5.41, 5.74) is 0. The lowest BCUT2D eigenvalue weighted by molar-refractivity contribution is 0.120. The molecular weight excluding hydrogens is 311 g/mol. The summed E-state index contributed by atoms with van der Waals surface area (Å²) in [5, 5.41) is 0.883. The van der Waals surface area contributed by atoms with E-state index < -0.39 is 0 Å². The summed E-state index contributed by atoms with van der Waals surface area (Å²) in [6.45, 7) is 2.53. The molecule has 0 aliphatic carbocycles. The van der Waals surface area contributed by atoms with Crippen molar-refractivity contribution >= 4 is 23.2 Å². The predicted molar refractivity (Wildman–Crippen MR) is 83.3 cm³/mol. The van der Waals surface area contributed by atoms with E-state index in [1.165, 1.54) is 0 Å². The quantitative estimate of drug-likeness (QED) is 0.707. The van der Waals surface area contributed by atoms with Crippen LogP contribution >= 0.6 is 23.2 Å². The van der Waals surface area contributed by atoms with Crippen LogP contribution < -0.4 is 9.47 Å². The summed E-state index contributed by atoms with van der Waals surface area (Å²) in [6.07, 6.45) is 5.01. The number of hydrogen-bond donors (Lipinski definition) is 0. The Morgan fingerprint density at radius 3 is 2.14 bits per heavy atom. The van der Waals surface area contributed by atoms with Gasteiger partial charge in [0.05, 0.1) is 12.4 Å². The Morgan fingerprint density at radius 2 is 1.62 bits per heavy atom. The first-order chi connectivity index (χ1) is 10.2. The van der Waals surface area contributed by atoms with Crippen molar-refractivity contribution in [3.63, 3.8) is 0 Å². The number of hydrogen-bond acceptors (Lipinski definition) is 4. The zero-order chi connectivity index (χ0) is 15.1. The maximum Gasteiger partial charge on any atom is 0.138 e. The maximum atomic E-state index is 5.86. The number of halogens is 2. The highest BCUT2D eigenvalue weighted by molar-refractivity contribution is 6.29. The fourth-order valence-corrected chi connectivity index (χ4v) is 1.98. The molecule has 1 unspecified atom stereocenters. The lowest BCUT2D eigenvalue weighted by Crippen LogP contribution is -2.24. The van der Waals surface area contributed by atoms with Gasteiger partial charge in [0.2, 0.25) is 0 Å². The average Bonchev–Trinajstić information content (AvgIpc) is 2.49. The SMILES string of the molecule is CCCC(COc1ccc(Cl)nc1)Oc1ccc(Cl)nc1. The van der Waals surface area contributed by atoms with Gasteiger partial charge in [0.1, 0.15) is 34.5 Å². The second-order valence-electron chi connectivity index (χ2n) is 4.47. The molecule has 0 aliphatic heterocycles. The first kappa shape index (κ1) is 15.9. The molecule has 0 N–H and O–H groups in total. The molecule has 0 spiro atoms. The third-order valence-corrected chi connectivity index (χ3v) is 3.20. The largest absolute Gasteiger partial charge is 0.488 e. The highest BCUT2D eigenvalue weighted by atomic mass is 35.5. The van der Waals surface area contributed by atoms with Crippen molar-refractivity contribution in [1.82, 2.24) is 9.97 Å². The van der Waals surface area contributed by atoms with Gasteiger partial charge in [0, 0.05) is 0 Å². The van der Waals surface area contributed by atoms with Gasteiger partial charge < -0.3 is 9.47 Å². The molecule has 0 bridgehead atoms. The Labute approximate surface area is 134 Å². The normalized spacial score (nSPS) is 12.0. The lowest BCUT2D eigenvalue weighted by atomic mass is 10.2. The molecule has 112 valence electrons. The van der Waals surface area contributed by atoms with E-state index in [0.717, 1.165) is 12.8 Å². The van der Waals surface area contributed by atoms with Crippen molar-refractivity contribution in [3.8, 4) is 11.5 Å². The van der Waals surface area contributed by atoms with Crippen LogP contribution in [0.1, 0.15) is 19.8 Å². The van der Waals surface area contributed by atoms with Crippen molar-refractivity contribution < 1.29 is 9.47 Å². The minimum Gasteiger partial charge on any atom is -0.488 e. The molecular formula is C15H16Cl2N2O2. The molecule has 2 rings (SSSR count). The van der Waals surface area contributed by atoms with Crippen LogP contribution in [0, 0.1) is 0 Å². The molecule has 6 heteroatoms. The molecule has 21 heavy (non-hydrogen) atoms. The maximum absolute atomic E-state index is 5.86. The van der Waals surface area contributed by atoms with E-state index in [1.54, 1.807) is 36.7 Å². The van der Waals surface area contributed by atoms with E-state index in [2.05, 4.69) is 16.9 Å². The van der Waals surface area contributed by atoms with Crippen LogP contribution in [-0.2, 0) is 0 Å². The number of pyridine rings is 2. The Bertz CT molecular complexity index is 547. The van der Waals surface area contributed by atoms with Gasteiger partial charge in [-0.25, -0.2) is 9.97 Å². The van der Waals surface area contributed by atoms with Gasteiger partial charge in [-0.15, -0.1) is 0 Å². The highest BCUT2D eigenvalue weighted by Gasteiger charge is 2.11. The van der Waals surface area contributed by atoms with E-state index in [1.807, 2.05) is 0 Å². The molecule has 0 aliphatic rings. The standard InChI is InChI=1S/C15H16Cl2N2O2/c1-2-3-13(21-12-5-7-15(17)19-9-12)10-20-11-4-6-14(16)18-8-11/h4-9,13H,2-3,10H2,1H3. The van der Waals surface area contributed by atoms with E-state index in [-0.39, 0.29) is 6.10 Å². The van der Waals surface area contributed by atoms with Crippen LogP contribution in [0.25, 0.3) is 0 Å². The predicted octanol–water partition coefficient (Wildman–Crippen LogP) is 4.41. The Kier molecular flexibility index (Phi) is 6.08. The highest BCUT2D eigenvalue weighted by Crippen LogP contribution is 2.17. The molecule has 0 amide bonds. The molecule has 4 nitrogen and oxygen atoms in total. The molecule has 2 heterocycles. The van der Waals surface area contributed by atoms with Crippen molar-refractivity contribution in [1.29, 1.82) is 0 Å². The Balaban J connectivity index is 1.92. The molecule has 0 fully saturated rings.